The molecule has 1 aliphatic heterocycles. The molecule has 4 nitrogen and oxygen atoms in total. The first-order valence-corrected chi connectivity index (χ1v) is 7.18. The van der Waals surface area contributed by atoms with Crippen molar-refractivity contribution in [3.8, 4) is 0 Å². The fraction of sp³-hybridized carbons (Fsp3) is 0.714. The summed E-state index contributed by atoms with van der Waals surface area (Å²) in [4.78, 5) is 14.7. The summed E-state index contributed by atoms with van der Waals surface area (Å²) in [5, 5.41) is 7.31. The number of amides is 1. The summed E-state index contributed by atoms with van der Waals surface area (Å²) in [6, 6.07) is 0.417. The Morgan fingerprint density at radius 1 is 1.39 bits per heavy atom. The molecule has 1 fully saturated rings. The number of nitrogens with zero attached hydrogens (tertiary/aromatic N) is 2. The van der Waals surface area contributed by atoms with E-state index in [9.17, 15) is 4.79 Å². The molecule has 1 aliphatic carbocycles. The third kappa shape index (κ3) is 1.84. The summed E-state index contributed by atoms with van der Waals surface area (Å²) in [7, 11) is 0. The third-order valence-corrected chi connectivity index (χ3v) is 4.37. The first-order valence-electron chi connectivity index (χ1n) is 7.18. The minimum atomic E-state index is 0.154. The van der Waals surface area contributed by atoms with Crippen LogP contribution in [0.3, 0.4) is 0 Å². The highest BCUT2D eigenvalue weighted by molar-refractivity contribution is 5.94. The van der Waals surface area contributed by atoms with Crippen molar-refractivity contribution in [1.29, 1.82) is 0 Å². The van der Waals surface area contributed by atoms with E-state index in [1.165, 1.54) is 17.7 Å². The first kappa shape index (κ1) is 11.8. The second kappa shape index (κ2) is 4.75. The van der Waals surface area contributed by atoms with Gasteiger partial charge in [0.25, 0.3) is 5.91 Å². The molecule has 0 radical (unpaired) electrons. The molecule has 18 heavy (non-hydrogen) atoms. The van der Waals surface area contributed by atoms with E-state index in [0.29, 0.717) is 11.7 Å². The van der Waals surface area contributed by atoms with Gasteiger partial charge in [0, 0.05) is 23.8 Å². The van der Waals surface area contributed by atoms with E-state index in [1.54, 1.807) is 0 Å². The quantitative estimate of drug-likeness (QED) is 0.871. The summed E-state index contributed by atoms with van der Waals surface area (Å²) >= 11 is 0. The van der Waals surface area contributed by atoms with E-state index in [2.05, 4.69) is 22.0 Å². The van der Waals surface area contributed by atoms with Gasteiger partial charge in [0.2, 0.25) is 0 Å². The number of piperidine rings is 1. The summed E-state index contributed by atoms with van der Waals surface area (Å²) in [6.07, 6.45) is 7.80. The van der Waals surface area contributed by atoms with Crippen molar-refractivity contribution in [3.63, 3.8) is 0 Å². The molecule has 1 aromatic rings. The molecule has 1 amide bonds. The fourth-order valence-corrected chi connectivity index (χ4v) is 3.32. The molecule has 3 rings (SSSR count). The fourth-order valence-electron chi connectivity index (χ4n) is 3.32. The van der Waals surface area contributed by atoms with Gasteiger partial charge in [-0.1, -0.05) is 6.92 Å². The molecular formula is C14H21N3O. The highest BCUT2D eigenvalue weighted by Gasteiger charge is 2.31. The molecule has 1 N–H and O–H groups in total. The van der Waals surface area contributed by atoms with Gasteiger partial charge in [0.1, 0.15) is 0 Å². The largest absolute Gasteiger partial charge is 0.334 e. The van der Waals surface area contributed by atoms with Gasteiger partial charge in [0.15, 0.2) is 5.69 Å². The molecule has 1 unspecified atom stereocenters. The maximum absolute atomic E-state index is 12.6. The van der Waals surface area contributed by atoms with Crippen LogP contribution < -0.4 is 0 Å². The molecule has 2 aliphatic rings. The minimum absolute atomic E-state index is 0.154. The number of aromatic amines is 1. The Kier molecular flexibility index (Phi) is 3.10. The number of hydrogen-bond donors (Lipinski definition) is 1. The van der Waals surface area contributed by atoms with Gasteiger partial charge in [-0.15, -0.1) is 0 Å². The van der Waals surface area contributed by atoms with Gasteiger partial charge in [-0.3, -0.25) is 9.89 Å². The second-order valence-corrected chi connectivity index (χ2v) is 5.44. The van der Waals surface area contributed by atoms with Gasteiger partial charge >= 0.3 is 0 Å². The lowest BCUT2D eigenvalue weighted by molar-refractivity contribution is 0.0601. The zero-order chi connectivity index (χ0) is 12.5. The lowest BCUT2D eigenvalue weighted by atomic mass is 9.99. The van der Waals surface area contributed by atoms with Crippen LogP contribution in [0.5, 0.6) is 0 Å². The van der Waals surface area contributed by atoms with Gasteiger partial charge in [0.05, 0.1) is 0 Å². The summed E-state index contributed by atoms with van der Waals surface area (Å²) < 4.78 is 0. The monoisotopic (exact) mass is 247 g/mol. The Bertz CT molecular complexity index is 452. The zero-order valence-electron chi connectivity index (χ0n) is 11.0. The van der Waals surface area contributed by atoms with Crippen LogP contribution >= 0.6 is 0 Å². The topological polar surface area (TPSA) is 49.0 Å². The Morgan fingerprint density at radius 3 is 3.11 bits per heavy atom. The molecule has 1 atom stereocenters. The highest BCUT2D eigenvalue weighted by atomic mass is 16.2. The maximum atomic E-state index is 12.6. The van der Waals surface area contributed by atoms with Crippen molar-refractivity contribution >= 4 is 5.91 Å². The van der Waals surface area contributed by atoms with Crippen LogP contribution in [0, 0.1) is 0 Å². The summed E-state index contributed by atoms with van der Waals surface area (Å²) in [5.41, 5.74) is 3.06. The standard InChI is InChI=1S/C14H21N3O/c1-2-10-6-3-4-9-17(10)14(18)13-11-7-5-8-12(11)15-16-13/h10H,2-9H2,1H3,(H,15,16). The molecule has 1 aromatic heterocycles. The van der Waals surface area contributed by atoms with Crippen LogP contribution in [0.4, 0.5) is 0 Å². The third-order valence-electron chi connectivity index (χ3n) is 4.37. The molecule has 0 aromatic carbocycles. The van der Waals surface area contributed by atoms with Crippen molar-refractivity contribution < 1.29 is 4.79 Å². The van der Waals surface area contributed by atoms with E-state index in [0.717, 1.165) is 45.1 Å². The lowest BCUT2D eigenvalue weighted by Gasteiger charge is -2.34. The maximum Gasteiger partial charge on any atom is 0.274 e. The van der Waals surface area contributed by atoms with Gasteiger partial charge in [-0.2, -0.15) is 5.10 Å². The van der Waals surface area contributed by atoms with Crippen molar-refractivity contribution in [2.75, 3.05) is 6.54 Å². The average molecular weight is 247 g/mol. The molecule has 1 saturated heterocycles. The number of fused-ring (bicyclic) bond motifs is 1. The van der Waals surface area contributed by atoms with Crippen molar-refractivity contribution in [2.24, 2.45) is 0 Å². The molecule has 98 valence electrons. The van der Waals surface area contributed by atoms with Gasteiger partial charge < -0.3 is 4.90 Å². The van der Waals surface area contributed by atoms with Crippen LogP contribution in [0.1, 0.15) is 60.8 Å². The summed E-state index contributed by atoms with van der Waals surface area (Å²) in [6.45, 7) is 3.07. The highest BCUT2D eigenvalue weighted by Crippen LogP contribution is 2.26. The van der Waals surface area contributed by atoms with Crippen LogP contribution in [0.15, 0.2) is 0 Å². The first-order chi connectivity index (χ1) is 8.81. The van der Waals surface area contributed by atoms with Crippen LogP contribution in [-0.2, 0) is 12.8 Å². The molecule has 0 saturated carbocycles. The molecule has 2 heterocycles. The number of likely N-dealkylation sites (tertiary alicyclic amines) is 1. The Balaban J connectivity index is 1.84. The number of nitrogens with one attached hydrogen (secondary N) is 1. The van der Waals surface area contributed by atoms with Gasteiger partial charge in [-0.25, -0.2) is 0 Å². The summed E-state index contributed by atoms with van der Waals surface area (Å²) in [5.74, 6) is 0.154. The van der Waals surface area contributed by atoms with Crippen LogP contribution in [0.25, 0.3) is 0 Å². The number of aryl methyl sites for hydroxylation is 1. The number of carbonyl (C=O) groups is 1. The zero-order valence-corrected chi connectivity index (χ0v) is 11.0. The average Bonchev–Trinajstić information content (AvgIpc) is 3.00. The molecular weight excluding hydrogens is 226 g/mol. The number of H-pyrrole nitrogens is 1. The predicted molar refractivity (Wildman–Crippen MR) is 69.6 cm³/mol. The molecule has 0 bridgehead atoms. The van der Waals surface area contributed by atoms with Crippen molar-refractivity contribution in [1.82, 2.24) is 15.1 Å². The Morgan fingerprint density at radius 2 is 2.28 bits per heavy atom. The predicted octanol–water partition coefficient (Wildman–Crippen LogP) is 2.30. The van der Waals surface area contributed by atoms with E-state index >= 15 is 0 Å². The number of hydrogen-bond acceptors (Lipinski definition) is 2. The smallest absolute Gasteiger partial charge is 0.274 e. The lowest BCUT2D eigenvalue weighted by Crippen LogP contribution is -2.43. The number of carbonyl (C=O) groups excluding carboxylic acids is 1. The minimum Gasteiger partial charge on any atom is -0.334 e. The van der Waals surface area contributed by atoms with E-state index in [1.807, 2.05) is 0 Å². The van der Waals surface area contributed by atoms with Gasteiger partial charge in [-0.05, 0) is 44.9 Å². The van der Waals surface area contributed by atoms with Crippen LogP contribution in [0.2, 0.25) is 0 Å². The van der Waals surface area contributed by atoms with Crippen molar-refractivity contribution in [2.45, 2.75) is 57.9 Å². The molecule has 4 heteroatoms. The number of aromatic nitrogens is 2. The molecule has 0 spiro atoms. The normalized spacial score (nSPS) is 23.2. The van der Waals surface area contributed by atoms with E-state index in [4.69, 9.17) is 0 Å². The number of rotatable bonds is 2. The second-order valence-electron chi connectivity index (χ2n) is 5.44. The Labute approximate surface area is 108 Å². The van der Waals surface area contributed by atoms with Crippen molar-refractivity contribution in [3.05, 3.63) is 17.0 Å². The SMILES string of the molecule is CCC1CCCCN1C(=O)c1n[nH]c2c1CCC2. The van der Waals surface area contributed by atoms with Crippen LogP contribution in [-0.4, -0.2) is 33.6 Å². The van der Waals surface area contributed by atoms with E-state index < -0.39 is 0 Å². The van der Waals surface area contributed by atoms with E-state index in [-0.39, 0.29) is 5.91 Å². The Hall–Kier alpha value is -1.32.